The first-order valence-corrected chi connectivity index (χ1v) is 10.3. The van der Waals surface area contributed by atoms with E-state index in [0.29, 0.717) is 24.4 Å². The molecule has 0 saturated heterocycles. The van der Waals surface area contributed by atoms with Crippen molar-refractivity contribution in [1.82, 2.24) is 9.88 Å². The van der Waals surface area contributed by atoms with E-state index >= 15 is 0 Å². The molecule has 1 aromatic carbocycles. The fraction of sp³-hybridized carbons (Fsp3) is 0.435. The van der Waals surface area contributed by atoms with E-state index in [9.17, 15) is 9.59 Å². The molecule has 0 bridgehead atoms. The average Bonchev–Trinajstić information content (AvgIpc) is 2.75. The highest BCUT2D eigenvalue weighted by atomic mass is 16.5. The molecule has 2 aromatic rings. The van der Waals surface area contributed by atoms with Gasteiger partial charge in [0.15, 0.2) is 0 Å². The largest absolute Gasteiger partial charge is 0.383 e. The van der Waals surface area contributed by atoms with E-state index in [-0.39, 0.29) is 11.8 Å². The maximum atomic E-state index is 13.6. The van der Waals surface area contributed by atoms with Crippen molar-refractivity contribution in [3.05, 3.63) is 59.9 Å². The van der Waals surface area contributed by atoms with Crippen molar-refractivity contribution in [3.8, 4) is 0 Å². The van der Waals surface area contributed by atoms with Gasteiger partial charge in [-0.3, -0.25) is 14.6 Å². The molecule has 2 heterocycles. The minimum atomic E-state index is -0.515. The van der Waals surface area contributed by atoms with Gasteiger partial charge >= 0.3 is 0 Å². The Hall–Kier alpha value is -2.73. The number of nitrogens with one attached hydrogen (secondary N) is 1. The summed E-state index contributed by atoms with van der Waals surface area (Å²) in [6, 6.07) is 11.1. The van der Waals surface area contributed by atoms with E-state index in [1.807, 2.05) is 29.2 Å². The van der Waals surface area contributed by atoms with Crippen LogP contribution in [0.15, 0.2) is 48.8 Å². The normalized spacial score (nSPS) is 20.4. The molecule has 2 amide bonds. The van der Waals surface area contributed by atoms with Crippen LogP contribution in [-0.2, 0) is 9.53 Å². The van der Waals surface area contributed by atoms with Crippen LogP contribution in [-0.4, -0.2) is 47.5 Å². The van der Waals surface area contributed by atoms with Crippen LogP contribution in [0.4, 0.5) is 5.69 Å². The lowest BCUT2D eigenvalue weighted by molar-refractivity contribution is -0.122. The summed E-state index contributed by atoms with van der Waals surface area (Å²) in [5, 5.41) is 3.07. The van der Waals surface area contributed by atoms with Gasteiger partial charge in [-0.25, -0.2) is 0 Å². The second kappa shape index (κ2) is 8.33. The Morgan fingerprint density at radius 2 is 1.90 bits per heavy atom. The van der Waals surface area contributed by atoms with Crippen LogP contribution < -0.4 is 5.32 Å². The first kappa shape index (κ1) is 19.6. The third-order valence-corrected chi connectivity index (χ3v) is 6.27. The average molecular weight is 393 g/mol. The lowest BCUT2D eigenvalue weighted by Crippen LogP contribution is -2.62. The van der Waals surface area contributed by atoms with E-state index in [4.69, 9.17) is 4.74 Å². The Morgan fingerprint density at radius 1 is 1.17 bits per heavy atom. The molecule has 1 fully saturated rings. The summed E-state index contributed by atoms with van der Waals surface area (Å²) < 4.78 is 5.30. The monoisotopic (exact) mass is 393 g/mol. The van der Waals surface area contributed by atoms with E-state index < -0.39 is 11.5 Å². The molecule has 1 spiro atoms. The van der Waals surface area contributed by atoms with Crippen molar-refractivity contribution in [3.63, 3.8) is 0 Å². The molecule has 1 saturated carbocycles. The molecule has 29 heavy (non-hydrogen) atoms. The van der Waals surface area contributed by atoms with Crippen molar-refractivity contribution < 1.29 is 14.3 Å². The number of hydrogen-bond acceptors (Lipinski definition) is 4. The fourth-order valence-electron chi connectivity index (χ4n) is 5.00. The lowest BCUT2D eigenvalue weighted by Gasteiger charge is -2.53. The lowest BCUT2D eigenvalue weighted by atomic mass is 9.65. The van der Waals surface area contributed by atoms with Gasteiger partial charge in [0.2, 0.25) is 5.91 Å². The third kappa shape index (κ3) is 3.53. The van der Waals surface area contributed by atoms with E-state index in [1.54, 1.807) is 31.6 Å². The topological polar surface area (TPSA) is 71.5 Å². The summed E-state index contributed by atoms with van der Waals surface area (Å²) in [5.74, 6) is -0.477. The zero-order chi connectivity index (χ0) is 20.3. The Kier molecular flexibility index (Phi) is 5.62. The maximum Gasteiger partial charge on any atom is 0.254 e. The molecule has 152 valence electrons. The fourth-order valence-corrected chi connectivity index (χ4v) is 5.00. The molecular weight excluding hydrogens is 366 g/mol. The zero-order valence-corrected chi connectivity index (χ0v) is 16.8. The van der Waals surface area contributed by atoms with Crippen molar-refractivity contribution in [2.24, 2.45) is 0 Å². The van der Waals surface area contributed by atoms with Gasteiger partial charge in [0.25, 0.3) is 5.91 Å². The van der Waals surface area contributed by atoms with E-state index in [2.05, 4.69) is 10.3 Å². The summed E-state index contributed by atoms with van der Waals surface area (Å²) >= 11 is 0. The van der Waals surface area contributed by atoms with E-state index in [1.165, 1.54) is 0 Å². The highest BCUT2D eigenvalue weighted by Crippen LogP contribution is 2.49. The second-order valence-electron chi connectivity index (χ2n) is 7.86. The molecule has 1 unspecified atom stereocenters. The highest BCUT2D eigenvalue weighted by Gasteiger charge is 2.54. The standard InChI is InChI=1S/C23H27N3O3/c1-29-16-15-26-22(28)19-8-4-3-7-18(19)20(23(26)11-5-2-6-12-23)21(27)25-17-9-13-24-14-10-17/h3-4,7-10,13-14,20H,2,5-6,11-12,15-16H2,1H3,(H,24,25,27). The number of pyridine rings is 1. The minimum absolute atomic E-state index is 0.00695. The van der Waals surface area contributed by atoms with Crippen LogP contribution in [0.5, 0.6) is 0 Å². The first-order chi connectivity index (χ1) is 14.2. The van der Waals surface area contributed by atoms with Gasteiger partial charge in [0, 0.05) is 37.3 Å². The summed E-state index contributed by atoms with van der Waals surface area (Å²) in [6.07, 6.45) is 8.13. The molecule has 6 heteroatoms. The van der Waals surface area contributed by atoms with Crippen LogP contribution in [0.3, 0.4) is 0 Å². The summed E-state index contributed by atoms with van der Waals surface area (Å²) in [5.41, 5.74) is 1.65. The first-order valence-electron chi connectivity index (χ1n) is 10.3. The van der Waals surface area contributed by atoms with Gasteiger partial charge in [-0.15, -0.1) is 0 Å². The predicted octanol–water partition coefficient (Wildman–Crippen LogP) is 3.61. The molecule has 1 N–H and O–H groups in total. The SMILES string of the molecule is COCCN1C(=O)c2ccccc2C(C(=O)Nc2ccncc2)C12CCCCC2. The number of amides is 2. The van der Waals surface area contributed by atoms with Gasteiger partial charge < -0.3 is 15.0 Å². The number of ether oxygens (including phenoxy) is 1. The highest BCUT2D eigenvalue weighted by molar-refractivity contribution is 6.05. The van der Waals surface area contributed by atoms with Crippen molar-refractivity contribution in [2.75, 3.05) is 25.6 Å². The molecule has 1 atom stereocenters. The Balaban J connectivity index is 1.80. The number of aromatic nitrogens is 1. The van der Waals surface area contributed by atoms with Crippen molar-refractivity contribution in [2.45, 2.75) is 43.6 Å². The van der Waals surface area contributed by atoms with Crippen LogP contribution >= 0.6 is 0 Å². The molecule has 1 aliphatic heterocycles. The Morgan fingerprint density at radius 3 is 2.62 bits per heavy atom. The number of methoxy groups -OCH3 is 1. The Labute approximate surface area is 171 Å². The van der Waals surface area contributed by atoms with Crippen molar-refractivity contribution >= 4 is 17.5 Å². The zero-order valence-electron chi connectivity index (χ0n) is 16.8. The van der Waals surface area contributed by atoms with Crippen LogP contribution in [0, 0.1) is 0 Å². The number of carbonyl (C=O) groups is 2. The number of carbonyl (C=O) groups excluding carboxylic acids is 2. The molecular formula is C23H27N3O3. The van der Waals surface area contributed by atoms with Gasteiger partial charge in [0.1, 0.15) is 0 Å². The van der Waals surface area contributed by atoms with Crippen LogP contribution in [0.25, 0.3) is 0 Å². The summed E-state index contributed by atoms with van der Waals surface area (Å²) in [7, 11) is 1.64. The third-order valence-electron chi connectivity index (χ3n) is 6.27. The quantitative estimate of drug-likeness (QED) is 0.842. The Bertz CT molecular complexity index is 878. The number of benzene rings is 1. The molecule has 6 nitrogen and oxygen atoms in total. The van der Waals surface area contributed by atoms with E-state index in [0.717, 1.165) is 37.7 Å². The molecule has 1 aromatic heterocycles. The number of anilines is 1. The number of nitrogens with zero attached hydrogens (tertiary/aromatic N) is 2. The number of hydrogen-bond donors (Lipinski definition) is 1. The maximum absolute atomic E-state index is 13.6. The number of rotatable bonds is 5. The second-order valence-corrected chi connectivity index (χ2v) is 7.86. The van der Waals surface area contributed by atoms with Gasteiger partial charge in [-0.05, 0) is 36.6 Å². The number of fused-ring (bicyclic) bond motifs is 1. The van der Waals surface area contributed by atoms with Crippen LogP contribution in [0.2, 0.25) is 0 Å². The molecule has 1 aliphatic carbocycles. The molecule has 4 rings (SSSR count). The van der Waals surface area contributed by atoms with Gasteiger partial charge in [0.05, 0.1) is 18.1 Å². The molecule has 2 aliphatic rings. The van der Waals surface area contributed by atoms with Crippen molar-refractivity contribution in [1.29, 1.82) is 0 Å². The van der Waals surface area contributed by atoms with Gasteiger partial charge in [-0.1, -0.05) is 37.5 Å². The summed E-state index contributed by atoms with van der Waals surface area (Å²) in [6.45, 7) is 0.942. The smallest absolute Gasteiger partial charge is 0.254 e. The predicted molar refractivity (Wildman–Crippen MR) is 111 cm³/mol. The summed E-state index contributed by atoms with van der Waals surface area (Å²) in [4.78, 5) is 33.0. The van der Waals surface area contributed by atoms with Gasteiger partial charge in [-0.2, -0.15) is 0 Å². The minimum Gasteiger partial charge on any atom is -0.383 e. The molecule has 0 radical (unpaired) electrons. The van der Waals surface area contributed by atoms with Crippen LogP contribution in [0.1, 0.15) is 53.9 Å².